The predicted octanol–water partition coefficient (Wildman–Crippen LogP) is 0.116. The number of rotatable bonds is 2. The van der Waals surface area contributed by atoms with Gasteiger partial charge in [-0.2, -0.15) is 0 Å². The number of pyridine rings is 1. The Labute approximate surface area is 110 Å². The summed E-state index contributed by atoms with van der Waals surface area (Å²) in [5.41, 5.74) is -0.0948. The first-order valence-corrected chi connectivity index (χ1v) is 6.35. The van der Waals surface area contributed by atoms with Crippen molar-refractivity contribution in [3.8, 4) is 0 Å². The summed E-state index contributed by atoms with van der Waals surface area (Å²) in [6, 6.07) is 3.99. The molecule has 0 saturated carbocycles. The van der Waals surface area contributed by atoms with Crippen molar-refractivity contribution in [2.24, 2.45) is 0 Å². The number of nitrogens with one attached hydrogen (secondary N) is 2. The Kier molecular flexibility index (Phi) is 3.99. The van der Waals surface area contributed by atoms with Crippen LogP contribution in [0, 0.1) is 0 Å². The van der Waals surface area contributed by atoms with Crippen molar-refractivity contribution in [3.63, 3.8) is 0 Å². The van der Waals surface area contributed by atoms with Gasteiger partial charge >= 0.3 is 0 Å². The molecule has 0 spiro atoms. The van der Waals surface area contributed by atoms with Gasteiger partial charge in [-0.05, 0) is 25.3 Å². The lowest BCUT2D eigenvalue weighted by atomic mass is 10.0. The molecular formula is C13H17N3O3. The van der Waals surface area contributed by atoms with E-state index in [1.165, 1.54) is 17.0 Å². The van der Waals surface area contributed by atoms with Gasteiger partial charge in [0.25, 0.3) is 5.91 Å². The van der Waals surface area contributed by atoms with Gasteiger partial charge in [0.1, 0.15) is 11.7 Å². The zero-order chi connectivity index (χ0) is 13.8. The molecule has 1 unspecified atom stereocenters. The molecule has 19 heavy (non-hydrogen) atoms. The predicted molar refractivity (Wildman–Crippen MR) is 69.8 cm³/mol. The van der Waals surface area contributed by atoms with E-state index in [9.17, 15) is 14.4 Å². The third kappa shape index (κ3) is 2.83. The van der Waals surface area contributed by atoms with Crippen LogP contribution in [-0.4, -0.2) is 41.3 Å². The Hall–Kier alpha value is -2.11. The van der Waals surface area contributed by atoms with Crippen LogP contribution in [0.3, 0.4) is 0 Å². The number of aromatic amines is 1. The lowest BCUT2D eigenvalue weighted by Gasteiger charge is -2.34. The number of H-pyrrole nitrogens is 1. The van der Waals surface area contributed by atoms with Crippen LogP contribution < -0.4 is 10.9 Å². The number of nitrogens with zero attached hydrogens (tertiary/aromatic N) is 1. The van der Waals surface area contributed by atoms with Gasteiger partial charge in [-0.15, -0.1) is 0 Å². The summed E-state index contributed by atoms with van der Waals surface area (Å²) in [5.74, 6) is -0.461. The standard InChI is InChI=1S/C13H17N3O3/c1-14-12(18)10-6-2-3-8-16(10)13(19)9-5-4-7-11(17)15-9/h4-5,7,10H,2-3,6,8H2,1H3,(H,14,18)(H,15,17). The molecule has 2 heterocycles. The van der Waals surface area contributed by atoms with Gasteiger partial charge in [0, 0.05) is 19.7 Å². The Morgan fingerprint density at radius 3 is 2.84 bits per heavy atom. The first-order chi connectivity index (χ1) is 9.13. The van der Waals surface area contributed by atoms with Crippen LogP contribution in [-0.2, 0) is 4.79 Å². The van der Waals surface area contributed by atoms with E-state index in [1.807, 2.05) is 0 Å². The van der Waals surface area contributed by atoms with Crippen molar-refractivity contribution >= 4 is 11.8 Å². The summed E-state index contributed by atoms with van der Waals surface area (Å²) in [6.45, 7) is 0.536. The van der Waals surface area contributed by atoms with Gasteiger partial charge in [0.2, 0.25) is 11.5 Å². The molecule has 1 aliphatic rings. The molecule has 0 bridgehead atoms. The van der Waals surface area contributed by atoms with Gasteiger partial charge in [-0.3, -0.25) is 14.4 Å². The molecule has 1 saturated heterocycles. The number of amides is 2. The zero-order valence-electron chi connectivity index (χ0n) is 10.8. The van der Waals surface area contributed by atoms with Gasteiger partial charge in [0.05, 0.1) is 0 Å². The average Bonchev–Trinajstić information content (AvgIpc) is 2.45. The third-order valence-corrected chi connectivity index (χ3v) is 3.31. The summed E-state index contributed by atoms with van der Waals surface area (Å²) in [5, 5.41) is 2.58. The highest BCUT2D eigenvalue weighted by Gasteiger charge is 2.32. The summed E-state index contributed by atoms with van der Waals surface area (Å²) >= 11 is 0. The minimum absolute atomic E-state index is 0.161. The molecule has 102 valence electrons. The molecule has 0 aromatic carbocycles. The quantitative estimate of drug-likeness (QED) is 0.795. The second kappa shape index (κ2) is 5.69. The molecule has 1 aromatic rings. The fourth-order valence-electron chi connectivity index (χ4n) is 2.34. The van der Waals surface area contributed by atoms with E-state index in [-0.39, 0.29) is 23.1 Å². The summed E-state index contributed by atoms with van der Waals surface area (Å²) in [7, 11) is 1.56. The largest absolute Gasteiger partial charge is 0.357 e. The number of hydrogen-bond donors (Lipinski definition) is 2. The number of carbonyl (C=O) groups excluding carboxylic acids is 2. The number of likely N-dealkylation sites (tertiary alicyclic amines) is 1. The van der Waals surface area contributed by atoms with Gasteiger partial charge in [0.15, 0.2) is 0 Å². The number of aromatic nitrogens is 1. The first-order valence-electron chi connectivity index (χ1n) is 6.35. The topological polar surface area (TPSA) is 82.3 Å². The van der Waals surface area contributed by atoms with Crippen molar-refractivity contribution in [2.75, 3.05) is 13.6 Å². The number of carbonyl (C=O) groups is 2. The van der Waals surface area contributed by atoms with Crippen LogP contribution in [0.25, 0.3) is 0 Å². The molecule has 1 atom stereocenters. The maximum Gasteiger partial charge on any atom is 0.271 e. The third-order valence-electron chi connectivity index (χ3n) is 3.31. The summed E-state index contributed by atoms with van der Waals surface area (Å²) in [6.07, 6.45) is 2.45. The van der Waals surface area contributed by atoms with Crippen molar-refractivity contribution in [1.29, 1.82) is 0 Å². The maximum absolute atomic E-state index is 12.4. The molecule has 2 amide bonds. The van der Waals surface area contributed by atoms with Crippen molar-refractivity contribution in [1.82, 2.24) is 15.2 Å². The van der Waals surface area contributed by atoms with E-state index < -0.39 is 6.04 Å². The molecule has 1 fully saturated rings. The average molecular weight is 263 g/mol. The first kappa shape index (κ1) is 13.3. The molecule has 1 aromatic heterocycles. The Balaban J connectivity index is 2.25. The van der Waals surface area contributed by atoms with Crippen molar-refractivity contribution in [2.45, 2.75) is 25.3 Å². The van der Waals surface area contributed by atoms with E-state index in [0.29, 0.717) is 13.0 Å². The molecule has 2 N–H and O–H groups in total. The van der Waals surface area contributed by atoms with E-state index in [0.717, 1.165) is 12.8 Å². The van der Waals surface area contributed by atoms with Crippen LogP contribution in [0.4, 0.5) is 0 Å². The monoisotopic (exact) mass is 263 g/mol. The van der Waals surface area contributed by atoms with E-state index >= 15 is 0 Å². The SMILES string of the molecule is CNC(=O)C1CCCCN1C(=O)c1cccc(=O)[nH]1. The minimum atomic E-state index is -0.449. The van der Waals surface area contributed by atoms with Crippen LogP contribution in [0.15, 0.2) is 23.0 Å². The number of piperidine rings is 1. The molecule has 6 heteroatoms. The van der Waals surface area contributed by atoms with Crippen LogP contribution in [0.5, 0.6) is 0 Å². The van der Waals surface area contributed by atoms with Crippen molar-refractivity contribution in [3.05, 3.63) is 34.2 Å². The zero-order valence-corrected chi connectivity index (χ0v) is 10.8. The lowest BCUT2D eigenvalue weighted by molar-refractivity contribution is -0.126. The highest BCUT2D eigenvalue weighted by molar-refractivity contribution is 5.96. The number of hydrogen-bond acceptors (Lipinski definition) is 3. The molecule has 1 aliphatic heterocycles. The highest BCUT2D eigenvalue weighted by Crippen LogP contribution is 2.19. The highest BCUT2D eigenvalue weighted by atomic mass is 16.2. The fraction of sp³-hybridized carbons (Fsp3) is 0.462. The van der Waals surface area contributed by atoms with E-state index in [1.54, 1.807) is 13.1 Å². The fourth-order valence-corrected chi connectivity index (χ4v) is 2.34. The van der Waals surface area contributed by atoms with Gasteiger partial charge in [-0.25, -0.2) is 0 Å². The van der Waals surface area contributed by atoms with Gasteiger partial charge in [-0.1, -0.05) is 6.07 Å². The maximum atomic E-state index is 12.4. The van der Waals surface area contributed by atoms with E-state index in [4.69, 9.17) is 0 Å². The Morgan fingerprint density at radius 1 is 1.37 bits per heavy atom. The van der Waals surface area contributed by atoms with Crippen molar-refractivity contribution < 1.29 is 9.59 Å². The second-order valence-electron chi connectivity index (χ2n) is 4.55. The molecular weight excluding hydrogens is 246 g/mol. The smallest absolute Gasteiger partial charge is 0.271 e. The molecule has 0 aliphatic carbocycles. The lowest BCUT2D eigenvalue weighted by Crippen LogP contribution is -2.51. The Morgan fingerprint density at radius 2 is 2.16 bits per heavy atom. The van der Waals surface area contributed by atoms with E-state index in [2.05, 4.69) is 10.3 Å². The van der Waals surface area contributed by atoms with Crippen LogP contribution in [0.1, 0.15) is 29.8 Å². The summed E-state index contributed by atoms with van der Waals surface area (Å²) in [4.78, 5) is 39.4. The summed E-state index contributed by atoms with van der Waals surface area (Å²) < 4.78 is 0. The minimum Gasteiger partial charge on any atom is -0.357 e. The number of likely N-dealkylation sites (N-methyl/N-ethyl adjacent to an activating group) is 1. The van der Waals surface area contributed by atoms with Crippen LogP contribution in [0.2, 0.25) is 0 Å². The molecule has 0 radical (unpaired) electrons. The van der Waals surface area contributed by atoms with Crippen LogP contribution >= 0.6 is 0 Å². The Bertz CT molecular complexity index is 538. The molecule has 6 nitrogen and oxygen atoms in total. The second-order valence-corrected chi connectivity index (χ2v) is 4.55. The van der Waals surface area contributed by atoms with Gasteiger partial charge < -0.3 is 15.2 Å². The normalized spacial score (nSPS) is 19.0. The molecule has 2 rings (SSSR count).